The van der Waals surface area contributed by atoms with Gasteiger partial charge in [-0.25, -0.2) is 9.48 Å². The third-order valence-corrected chi connectivity index (χ3v) is 3.95. The van der Waals surface area contributed by atoms with E-state index in [2.05, 4.69) is 49.8 Å². The van der Waals surface area contributed by atoms with Crippen LogP contribution in [0.3, 0.4) is 0 Å². The first-order valence-electron chi connectivity index (χ1n) is 10.0. The fourth-order valence-electron chi connectivity index (χ4n) is 2.88. The van der Waals surface area contributed by atoms with Crippen molar-refractivity contribution in [2.75, 3.05) is 34.7 Å². The molecule has 0 aliphatic rings. The molecule has 1 aromatic heterocycles. The van der Waals surface area contributed by atoms with E-state index in [1.54, 1.807) is 0 Å². The Bertz CT molecular complexity index is 790. The number of halogens is 4. The van der Waals surface area contributed by atoms with Gasteiger partial charge in [0.15, 0.2) is 0 Å². The van der Waals surface area contributed by atoms with Crippen molar-refractivity contribution in [1.29, 1.82) is 0 Å². The molecule has 0 bridgehead atoms. The Labute approximate surface area is 182 Å². The van der Waals surface area contributed by atoms with E-state index in [4.69, 9.17) is 4.84 Å². The Morgan fingerprint density at radius 2 is 1.55 bits per heavy atom. The van der Waals surface area contributed by atoms with E-state index < -0.39 is 7.25 Å². The second kappa shape index (κ2) is 13.1. The van der Waals surface area contributed by atoms with E-state index in [0.717, 1.165) is 17.6 Å². The maximum absolute atomic E-state index is 9.75. The van der Waals surface area contributed by atoms with E-state index in [0.29, 0.717) is 18.1 Å². The minimum atomic E-state index is -6.00. The fourth-order valence-corrected chi connectivity index (χ4v) is 2.88. The number of para-hydroxylation sites is 1. The Hall–Kier alpha value is -2.37. The molecule has 0 unspecified atom stereocenters. The highest BCUT2D eigenvalue weighted by atomic mass is 19.5. The van der Waals surface area contributed by atoms with Gasteiger partial charge in [0.1, 0.15) is 11.0 Å². The van der Waals surface area contributed by atoms with Gasteiger partial charge in [-0.1, -0.05) is 23.9 Å². The van der Waals surface area contributed by atoms with Crippen LogP contribution in [0.2, 0.25) is 0 Å². The van der Waals surface area contributed by atoms with Crippen molar-refractivity contribution in [3.8, 4) is 0 Å². The number of amidine groups is 1. The summed E-state index contributed by atoms with van der Waals surface area (Å²) in [6.45, 7) is 12.3. The van der Waals surface area contributed by atoms with Crippen LogP contribution in [0.5, 0.6) is 0 Å². The van der Waals surface area contributed by atoms with Crippen LogP contribution in [-0.4, -0.2) is 89.6 Å². The van der Waals surface area contributed by atoms with Crippen molar-refractivity contribution >= 4 is 24.3 Å². The molecule has 0 amide bonds. The predicted molar refractivity (Wildman–Crippen MR) is 118 cm³/mol. The molecule has 12 heteroatoms. The maximum atomic E-state index is 9.75. The topological polar surface area (TPSA) is 49.4 Å². The normalized spacial score (nSPS) is 11.1. The van der Waals surface area contributed by atoms with Gasteiger partial charge in [-0.15, -0.1) is 5.10 Å². The molecule has 178 valence electrons. The summed E-state index contributed by atoms with van der Waals surface area (Å²) in [6.07, 6.45) is 0. The predicted octanol–water partition coefficient (Wildman–Crippen LogP) is 3.47. The lowest BCUT2D eigenvalue weighted by Crippen LogP contribution is -2.39. The molecule has 0 aliphatic heterocycles. The number of nitrogens with zero attached hydrogens (tertiary/aromatic N) is 6. The molecule has 7 nitrogen and oxygen atoms in total. The molecule has 0 radical (unpaired) electrons. The summed E-state index contributed by atoms with van der Waals surface area (Å²) in [5.74, 6) is 0. The van der Waals surface area contributed by atoms with Crippen molar-refractivity contribution in [2.24, 2.45) is 0 Å². The molecule has 0 fully saturated rings. The van der Waals surface area contributed by atoms with E-state index in [1.165, 1.54) is 4.85 Å². The van der Waals surface area contributed by atoms with Crippen LogP contribution in [0.4, 0.5) is 17.3 Å². The summed E-state index contributed by atoms with van der Waals surface area (Å²) in [5, 5.41) is 8.00. The molecule has 2 aromatic rings. The van der Waals surface area contributed by atoms with Gasteiger partial charge in [-0.3, -0.25) is 9.74 Å². The first-order chi connectivity index (χ1) is 14.2. The third-order valence-electron chi connectivity index (χ3n) is 3.95. The molecule has 0 saturated carbocycles. The SMILES string of the molecule is CCN(C(C)C)C(C)C.CN(C)C(On1nnc2ccccc21)=[N+](C)C.F[B-](F)(F)F. The fraction of sp³-hybridized carbons (Fsp3) is 0.632. The molecule has 1 heterocycles. The molecule has 1 aromatic carbocycles. The van der Waals surface area contributed by atoms with Gasteiger partial charge in [0.05, 0.1) is 28.2 Å². The lowest BCUT2D eigenvalue weighted by molar-refractivity contribution is -0.480. The van der Waals surface area contributed by atoms with Gasteiger partial charge in [0.2, 0.25) is 0 Å². The quantitative estimate of drug-likeness (QED) is 0.235. The summed E-state index contributed by atoms with van der Waals surface area (Å²) in [5.41, 5.74) is 1.65. The Morgan fingerprint density at radius 3 is 1.90 bits per heavy atom. The van der Waals surface area contributed by atoms with Crippen LogP contribution < -0.4 is 4.84 Å². The van der Waals surface area contributed by atoms with E-state index in [9.17, 15) is 17.3 Å². The number of fused-ring (bicyclic) bond motifs is 1. The lowest BCUT2D eigenvalue weighted by atomic mass is 10.2. The monoisotopic (exact) mass is 450 g/mol. The highest BCUT2D eigenvalue weighted by molar-refractivity contribution is 6.50. The van der Waals surface area contributed by atoms with Crippen molar-refractivity contribution in [3.05, 3.63) is 24.3 Å². The van der Waals surface area contributed by atoms with Crippen molar-refractivity contribution < 1.29 is 26.7 Å². The van der Waals surface area contributed by atoms with Crippen LogP contribution in [0.25, 0.3) is 11.0 Å². The Morgan fingerprint density at radius 1 is 1.06 bits per heavy atom. The third kappa shape index (κ3) is 11.6. The molecule has 0 aliphatic carbocycles. The van der Waals surface area contributed by atoms with E-state index in [1.807, 2.05) is 61.9 Å². The summed E-state index contributed by atoms with van der Waals surface area (Å²) >= 11 is 0. The minimum absolute atomic E-state index is 0.681. The van der Waals surface area contributed by atoms with Crippen LogP contribution in [-0.2, 0) is 0 Å². The van der Waals surface area contributed by atoms with Crippen molar-refractivity contribution in [1.82, 2.24) is 25.0 Å². The number of benzene rings is 1. The average molecular weight is 450 g/mol. The number of aromatic nitrogens is 3. The zero-order chi connectivity index (χ0) is 24.4. The standard InChI is InChI=1S/C11H16N5O.C8H19N.BF4/c1-14(2)11(15(3)4)17-16-10-8-6-5-7-9(10)12-13-16;1-6-9(7(2)3)8(4)5;2-1(3,4)5/h5-8H,1-4H3;7-8H,6H2,1-5H3;/q+1;;-1. The second-order valence-corrected chi connectivity index (χ2v) is 7.63. The molecule has 0 spiro atoms. The number of rotatable bonds is 4. The van der Waals surface area contributed by atoms with Gasteiger partial charge >= 0.3 is 13.3 Å². The molecule has 0 saturated heterocycles. The average Bonchev–Trinajstić information content (AvgIpc) is 3.01. The van der Waals surface area contributed by atoms with Crippen molar-refractivity contribution in [3.63, 3.8) is 0 Å². The van der Waals surface area contributed by atoms with Crippen molar-refractivity contribution in [2.45, 2.75) is 46.7 Å². The summed E-state index contributed by atoms with van der Waals surface area (Å²) in [7, 11) is 1.64. The molecule has 0 N–H and O–H groups in total. The molecule has 31 heavy (non-hydrogen) atoms. The van der Waals surface area contributed by atoms with Gasteiger partial charge in [0.25, 0.3) is 0 Å². The highest BCUT2D eigenvalue weighted by Gasteiger charge is 2.20. The summed E-state index contributed by atoms with van der Waals surface area (Å²) in [4.78, 5) is 11.5. The zero-order valence-electron chi connectivity index (χ0n) is 19.9. The van der Waals surface area contributed by atoms with E-state index in [-0.39, 0.29) is 0 Å². The molecular formula is C19H35BF4N6O. The molecular weight excluding hydrogens is 415 g/mol. The first-order valence-corrected chi connectivity index (χ1v) is 10.0. The zero-order valence-corrected chi connectivity index (χ0v) is 19.9. The summed E-state index contributed by atoms with van der Waals surface area (Å²) < 4.78 is 40.9. The molecule has 2 rings (SSSR count). The van der Waals surface area contributed by atoms with Gasteiger partial charge in [-0.2, -0.15) is 0 Å². The Kier molecular flexibility index (Phi) is 12.1. The smallest absolute Gasteiger partial charge is 0.418 e. The van der Waals surface area contributed by atoms with Gasteiger partial charge in [0, 0.05) is 12.1 Å². The molecule has 0 atom stereocenters. The minimum Gasteiger partial charge on any atom is -0.418 e. The largest absolute Gasteiger partial charge is 0.673 e. The van der Waals surface area contributed by atoms with Crippen LogP contribution in [0, 0.1) is 0 Å². The van der Waals surface area contributed by atoms with Crippen LogP contribution in [0.15, 0.2) is 24.3 Å². The Balaban J connectivity index is 0.000000541. The van der Waals surface area contributed by atoms with E-state index >= 15 is 0 Å². The highest BCUT2D eigenvalue weighted by Crippen LogP contribution is 2.08. The first kappa shape index (κ1) is 28.6. The summed E-state index contributed by atoms with van der Waals surface area (Å²) in [6, 6.07) is 9.72. The lowest BCUT2D eigenvalue weighted by Gasteiger charge is -2.28. The number of hydrogen-bond acceptors (Lipinski definition) is 4. The van der Waals surface area contributed by atoms with Gasteiger partial charge < -0.3 is 17.3 Å². The van der Waals surface area contributed by atoms with Crippen LogP contribution in [0.1, 0.15) is 34.6 Å². The van der Waals surface area contributed by atoms with Crippen LogP contribution >= 0.6 is 0 Å². The van der Waals surface area contributed by atoms with Gasteiger partial charge in [-0.05, 0) is 51.6 Å². The second-order valence-electron chi connectivity index (χ2n) is 7.63. The number of hydrogen-bond donors (Lipinski definition) is 0. The maximum Gasteiger partial charge on any atom is 0.673 e.